The van der Waals surface area contributed by atoms with Gasteiger partial charge < -0.3 is 19.4 Å². The van der Waals surface area contributed by atoms with Gasteiger partial charge in [0.25, 0.3) is 0 Å². The van der Waals surface area contributed by atoms with Crippen molar-refractivity contribution in [2.24, 2.45) is 0 Å². The normalized spacial score (nSPS) is 14.8. The van der Waals surface area contributed by atoms with Crippen molar-refractivity contribution in [3.05, 3.63) is 29.8 Å². The van der Waals surface area contributed by atoms with Crippen LogP contribution in [0.25, 0.3) is 0 Å². The molecule has 132 valence electrons. The number of methoxy groups -OCH3 is 1. The van der Waals surface area contributed by atoms with E-state index in [1.54, 1.807) is 7.11 Å². The fraction of sp³-hybridized carbons (Fsp3) is 0.556. The Bertz CT molecular complexity index is 566. The van der Waals surface area contributed by atoms with Gasteiger partial charge in [-0.2, -0.15) is 0 Å². The maximum absolute atomic E-state index is 12.4. The molecular formula is C18H27N3O3. The molecule has 2 rings (SSSR count). The second-order valence-corrected chi connectivity index (χ2v) is 6.34. The molecule has 0 aliphatic carbocycles. The van der Waals surface area contributed by atoms with Crippen LogP contribution in [0.2, 0.25) is 0 Å². The molecule has 0 N–H and O–H groups in total. The number of hydrogen-bond acceptors (Lipinski definition) is 4. The Morgan fingerprint density at radius 2 is 1.71 bits per heavy atom. The molecule has 1 aromatic rings. The quantitative estimate of drug-likeness (QED) is 0.775. The molecule has 1 aliphatic heterocycles. The highest BCUT2D eigenvalue weighted by molar-refractivity contribution is 5.80. The number of carbonyl (C=O) groups excluding carboxylic acids is 2. The molecule has 2 amide bonds. The third kappa shape index (κ3) is 5.23. The summed E-state index contributed by atoms with van der Waals surface area (Å²) in [6, 6.07) is 7.58. The van der Waals surface area contributed by atoms with Crippen LogP contribution in [0.4, 0.5) is 0 Å². The van der Waals surface area contributed by atoms with Gasteiger partial charge in [0.2, 0.25) is 11.8 Å². The summed E-state index contributed by atoms with van der Waals surface area (Å²) in [7, 11) is 5.54. The van der Waals surface area contributed by atoms with Crippen LogP contribution in [0, 0.1) is 0 Å². The van der Waals surface area contributed by atoms with Crippen molar-refractivity contribution < 1.29 is 14.3 Å². The molecule has 0 spiro atoms. The predicted octanol–water partition coefficient (Wildman–Crippen LogP) is 0.860. The minimum Gasteiger partial charge on any atom is -0.497 e. The van der Waals surface area contributed by atoms with E-state index < -0.39 is 0 Å². The van der Waals surface area contributed by atoms with Crippen LogP contribution >= 0.6 is 0 Å². The number of hydrogen-bond donors (Lipinski definition) is 0. The van der Waals surface area contributed by atoms with Crippen molar-refractivity contribution in [1.82, 2.24) is 14.7 Å². The highest BCUT2D eigenvalue weighted by Gasteiger charge is 2.23. The van der Waals surface area contributed by atoms with E-state index in [0.29, 0.717) is 39.0 Å². The van der Waals surface area contributed by atoms with Crippen molar-refractivity contribution in [1.29, 1.82) is 0 Å². The van der Waals surface area contributed by atoms with E-state index in [4.69, 9.17) is 4.74 Å². The van der Waals surface area contributed by atoms with Gasteiger partial charge in [-0.15, -0.1) is 0 Å². The van der Waals surface area contributed by atoms with Crippen LogP contribution < -0.4 is 4.74 Å². The molecule has 0 aromatic heterocycles. The minimum absolute atomic E-state index is 0.101. The molecule has 6 heteroatoms. The lowest BCUT2D eigenvalue weighted by molar-refractivity contribution is -0.139. The van der Waals surface area contributed by atoms with Gasteiger partial charge in [0.15, 0.2) is 0 Å². The van der Waals surface area contributed by atoms with Gasteiger partial charge in [-0.1, -0.05) is 12.1 Å². The van der Waals surface area contributed by atoms with Crippen LogP contribution in [-0.4, -0.2) is 80.4 Å². The van der Waals surface area contributed by atoms with Crippen LogP contribution in [0.1, 0.15) is 12.0 Å². The first kappa shape index (κ1) is 18.3. The Hall–Kier alpha value is -2.08. The minimum atomic E-state index is 0.101. The maximum Gasteiger partial charge on any atom is 0.227 e. The van der Waals surface area contributed by atoms with Crippen LogP contribution in [0.15, 0.2) is 24.3 Å². The largest absolute Gasteiger partial charge is 0.497 e. The van der Waals surface area contributed by atoms with Gasteiger partial charge >= 0.3 is 0 Å². The summed E-state index contributed by atoms with van der Waals surface area (Å²) in [5, 5.41) is 0. The van der Waals surface area contributed by atoms with Crippen molar-refractivity contribution in [2.75, 3.05) is 53.9 Å². The molecular weight excluding hydrogens is 306 g/mol. The first-order chi connectivity index (χ1) is 11.5. The Labute approximate surface area is 144 Å². The third-order valence-electron chi connectivity index (χ3n) is 4.25. The summed E-state index contributed by atoms with van der Waals surface area (Å²) in [4.78, 5) is 30.3. The molecule has 0 radical (unpaired) electrons. The Morgan fingerprint density at radius 1 is 1.08 bits per heavy atom. The number of ether oxygens (including phenoxy) is 1. The molecule has 0 unspecified atom stereocenters. The number of amides is 2. The monoisotopic (exact) mass is 333 g/mol. The second kappa shape index (κ2) is 8.68. The summed E-state index contributed by atoms with van der Waals surface area (Å²) in [6.45, 7) is 3.22. The molecule has 1 saturated heterocycles. The van der Waals surface area contributed by atoms with Gasteiger partial charge in [0.05, 0.1) is 13.5 Å². The highest BCUT2D eigenvalue weighted by atomic mass is 16.5. The van der Waals surface area contributed by atoms with E-state index in [1.165, 1.54) is 0 Å². The zero-order valence-corrected chi connectivity index (χ0v) is 14.8. The first-order valence-electron chi connectivity index (χ1n) is 8.33. The van der Waals surface area contributed by atoms with Gasteiger partial charge in [0, 0.05) is 39.1 Å². The summed E-state index contributed by atoms with van der Waals surface area (Å²) >= 11 is 0. The zero-order chi connectivity index (χ0) is 17.5. The SMILES string of the molecule is COc1cccc(CC(=O)N2CCN(C(=O)CCN(C)C)CC2)c1. The zero-order valence-electron chi connectivity index (χ0n) is 14.8. The number of benzene rings is 1. The van der Waals surface area contributed by atoms with Crippen molar-refractivity contribution in [3.63, 3.8) is 0 Å². The number of nitrogens with zero attached hydrogens (tertiary/aromatic N) is 3. The van der Waals surface area contributed by atoms with Gasteiger partial charge in [-0.25, -0.2) is 0 Å². The average Bonchev–Trinajstić information content (AvgIpc) is 2.59. The molecule has 0 atom stereocenters. The third-order valence-corrected chi connectivity index (χ3v) is 4.25. The summed E-state index contributed by atoms with van der Waals surface area (Å²) < 4.78 is 5.19. The predicted molar refractivity (Wildman–Crippen MR) is 93.0 cm³/mol. The average molecular weight is 333 g/mol. The van der Waals surface area contributed by atoms with Crippen LogP contribution in [0.3, 0.4) is 0 Å². The molecule has 1 fully saturated rings. The number of carbonyl (C=O) groups is 2. The highest BCUT2D eigenvalue weighted by Crippen LogP contribution is 2.14. The van der Waals surface area contributed by atoms with Crippen LogP contribution in [-0.2, 0) is 16.0 Å². The van der Waals surface area contributed by atoms with Crippen molar-refractivity contribution in [3.8, 4) is 5.75 Å². The Morgan fingerprint density at radius 3 is 2.29 bits per heavy atom. The second-order valence-electron chi connectivity index (χ2n) is 6.34. The lowest BCUT2D eigenvalue weighted by Gasteiger charge is -2.35. The van der Waals surface area contributed by atoms with E-state index in [-0.39, 0.29) is 11.8 Å². The maximum atomic E-state index is 12.4. The lowest BCUT2D eigenvalue weighted by Crippen LogP contribution is -2.51. The number of piperazine rings is 1. The van der Waals surface area contributed by atoms with E-state index >= 15 is 0 Å². The van der Waals surface area contributed by atoms with Gasteiger partial charge in [0.1, 0.15) is 5.75 Å². The summed E-state index contributed by atoms with van der Waals surface area (Å²) in [5.74, 6) is 1.03. The molecule has 1 heterocycles. The lowest BCUT2D eigenvalue weighted by atomic mass is 10.1. The smallest absolute Gasteiger partial charge is 0.227 e. The fourth-order valence-electron chi connectivity index (χ4n) is 2.75. The molecule has 24 heavy (non-hydrogen) atoms. The molecule has 1 aromatic carbocycles. The van der Waals surface area contributed by atoms with Crippen molar-refractivity contribution >= 4 is 11.8 Å². The topological polar surface area (TPSA) is 53.1 Å². The molecule has 0 bridgehead atoms. The molecule has 1 aliphatic rings. The van der Waals surface area contributed by atoms with E-state index in [0.717, 1.165) is 17.9 Å². The standard InChI is InChI=1S/C18H27N3O3/c1-19(2)8-7-17(22)20-9-11-21(12-10-20)18(23)14-15-5-4-6-16(13-15)24-3/h4-6,13H,7-12,14H2,1-3H3. The summed E-state index contributed by atoms with van der Waals surface area (Å²) in [5.41, 5.74) is 0.948. The Kier molecular flexibility index (Phi) is 6.61. The Balaban J connectivity index is 1.81. The molecule has 6 nitrogen and oxygen atoms in total. The van der Waals surface area contributed by atoms with E-state index in [2.05, 4.69) is 0 Å². The summed E-state index contributed by atoms with van der Waals surface area (Å²) in [6.07, 6.45) is 0.899. The van der Waals surface area contributed by atoms with E-state index in [1.807, 2.05) is 53.1 Å². The van der Waals surface area contributed by atoms with Gasteiger partial charge in [-0.05, 0) is 31.8 Å². The number of rotatable bonds is 6. The van der Waals surface area contributed by atoms with Crippen LogP contribution in [0.5, 0.6) is 5.75 Å². The van der Waals surface area contributed by atoms with E-state index in [9.17, 15) is 9.59 Å². The van der Waals surface area contributed by atoms with Crippen molar-refractivity contribution in [2.45, 2.75) is 12.8 Å². The fourth-order valence-corrected chi connectivity index (χ4v) is 2.75. The first-order valence-corrected chi connectivity index (χ1v) is 8.33. The molecule has 0 saturated carbocycles. The van der Waals surface area contributed by atoms with Gasteiger partial charge in [-0.3, -0.25) is 9.59 Å².